The number of hydrogen-bond donors (Lipinski definition) is 1. The number of aryl methyl sites for hydroxylation is 1. The molecule has 0 fully saturated rings. The summed E-state index contributed by atoms with van der Waals surface area (Å²) in [6.07, 6.45) is 6.13. The van der Waals surface area contributed by atoms with Gasteiger partial charge in [-0.2, -0.15) is 5.10 Å². The topological polar surface area (TPSA) is 81.9 Å². The van der Waals surface area contributed by atoms with Crippen molar-refractivity contribution in [2.75, 3.05) is 19.0 Å². The van der Waals surface area contributed by atoms with Crippen LogP contribution in [-0.2, 0) is 18.2 Å². The van der Waals surface area contributed by atoms with Gasteiger partial charge in [0.25, 0.3) is 0 Å². The van der Waals surface area contributed by atoms with Gasteiger partial charge in [0.1, 0.15) is 5.82 Å². The van der Waals surface area contributed by atoms with Crippen molar-refractivity contribution in [3.63, 3.8) is 0 Å². The second-order valence-corrected chi connectivity index (χ2v) is 3.96. The zero-order valence-corrected chi connectivity index (χ0v) is 10.8. The molecule has 0 atom stereocenters. The number of aromatic nitrogens is 4. The number of anilines is 1. The summed E-state index contributed by atoms with van der Waals surface area (Å²) in [5.74, 6) is 0.101. The number of nitrogens with one attached hydrogen (secondary N) is 1. The molecule has 0 unspecified atom stereocenters. The minimum absolute atomic E-state index is 0.0499. The van der Waals surface area contributed by atoms with Crippen LogP contribution >= 0.6 is 0 Å². The van der Waals surface area contributed by atoms with Gasteiger partial charge < -0.3 is 10.1 Å². The highest BCUT2D eigenvalue weighted by atomic mass is 16.5. The molecule has 2 aromatic heterocycles. The molecule has 0 bridgehead atoms. The number of methoxy groups -OCH3 is 1. The Morgan fingerprint density at radius 2 is 2.37 bits per heavy atom. The molecule has 0 aliphatic heterocycles. The van der Waals surface area contributed by atoms with Crippen LogP contribution < -0.4 is 5.32 Å². The summed E-state index contributed by atoms with van der Waals surface area (Å²) < 4.78 is 6.32. The van der Waals surface area contributed by atoms with Crippen molar-refractivity contribution in [2.24, 2.45) is 7.05 Å². The van der Waals surface area contributed by atoms with Gasteiger partial charge in [-0.25, -0.2) is 14.8 Å². The van der Waals surface area contributed by atoms with Crippen LogP contribution in [0.2, 0.25) is 0 Å². The Bertz CT molecular complexity index is 567. The van der Waals surface area contributed by atoms with Gasteiger partial charge in [-0.1, -0.05) is 0 Å². The largest absolute Gasteiger partial charge is 0.463 e. The third-order valence-corrected chi connectivity index (χ3v) is 2.50. The molecule has 0 aliphatic rings. The molecule has 2 aromatic rings. The lowest BCUT2D eigenvalue weighted by Crippen LogP contribution is -2.11. The number of carbonyl (C=O) groups is 1. The van der Waals surface area contributed by atoms with E-state index in [1.807, 2.05) is 19.4 Å². The van der Waals surface area contributed by atoms with Crippen LogP contribution in [-0.4, -0.2) is 39.4 Å². The highest BCUT2D eigenvalue weighted by Crippen LogP contribution is 2.04. The molecule has 2 rings (SSSR count). The number of esters is 1. The van der Waals surface area contributed by atoms with Crippen molar-refractivity contribution in [1.29, 1.82) is 0 Å². The molecule has 1 N–H and O–H groups in total. The summed E-state index contributed by atoms with van der Waals surface area (Å²) in [5.41, 5.74) is 1.14. The fraction of sp³-hybridized carbons (Fsp3) is 0.333. The summed E-state index contributed by atoms with van der Waals surface area (Å²) in [4.78, 5) is 19.2. The van der Waals surface area contributed by atoms with Crippen LogP contribution in [0.5, 0.6) is 0 Å². The molecule has 0 aromatic carbocycles. The lowest BCUT2D eigenvalue weighted by molar-refractivity contribution is 0.0587. The van der Waals surface area contributed by atoms with E-state index in [0.717, 1.165) is 12.0 Å². The standard InChI is InChI=1S/C12H15N5O2/c1-17-8-9(7-15-17)3-5-13-10-4-6-14-11(16-10)12(18)19-2/h4,6-8H,3,5H2,1-2H3,(H,13,14,16). The van der Waals surface area contributed by atoms with E-state index in [1.165, 1.54) is 13.3 Å². The van der Waals surface area contributed by atoms with Gasteiger partial charge >= 0.3 is 5.97 Å². The Labute approximate surface area is 110 Å². The Hall–Kier alpha value is -2.44. The Morgan fingerprint density at radius 3 is 3.05 bits per heavy atom. The first kappa shape index (κ1) is 13.0. The maximum Gasteiger partial charge on any atom is 0.376 e. The van der Waals surface area contributed by atoms with Gasteiger partial charge in [-0.15, -0.1) is 0 Å². The molecular weight excluding hydrogens is 246 g/mol. The summed E-state index contributed by atoms with van der Waals surface area (Å²) in [6.45, 7) is 0.698. The number of ether oxygens (including phenoxy) is 1. The first-order valence-corrected chi connectivity index (χ1v) is 5.82. The Balaban J connectivity index is 1.90. The predicted octanol–water partition coefficient (Wildman–Crippen LogP) is 0.651. The van der Waals surface area contributed by atoms with Crippen molar-refractivity contribution < 1.29 is 9.53 Å². The second kappa shape index (κ2) is 5.94. The molecule has 0 amide bonds. The SMILES string of the molecule is COC(=O)c1nccc(NCCc2cnn(C)c2)n1. The fourth-order valence-electron chi connectivity index (χ4n) is 1.58. The molecule has 19 heavy (non-hydrogen) atoms. The van der Waals surface area contributed by atoms with Crippen molar-refractivity contribution in [1.82, 2.24) is 19.7 Å². The van der Waals surface area contributed by atoms with Crippen LogP contribution in [0.15, 0.2) is 24.7 Å². The zero-order chi connectivity index (χ0) is 13.7. The Kier molecular flexibility index (Phi) is 4.07. The van der Waals surface area contributed by atoms with Crippen molar-refractivity contribution >= 4 is 11.8 Å². The van der Waals surface area contributed by atoms with Crippen LogP contribution in [0, 0.1) is 0 Å². The van der Waals surface area contributed by atoms with Crippen LogP contribution in [0.25, 0.3) is 0 Å². The van der Waals surface area contributed by atoms with E-state index in [0.29, 0.717) is 12.4 Å². The number of carbonyl (C=O) groups excluding carboxylic acids is 1. The van der Waals surface area contributed by atoms with Crippen molar-refractivity contribution in [2.45, 2.75) is 6.42 Å². The van der Waals surface area contributed by atoms with Gasteiger partial charge in [0.05, 0.1) is 13.3 Å². The maximum absolute atomic E-state index is 11.3. The maximum atomic E-state index is 11.3. The third-order valence-electron chi connectivity index (χ3n) is 2.50. The van der Waals surface area contributed by atoms with E-state index >= 15 is 0 Å². The molecule has 0 saturated heterocycles. The monoisotopic (exact) mass is 261 g/mol. The van der Waals surface area contributed by atoms with E-state index in [1.54, 1.807) is 10.7 Å². The first-order valence-electron chi connectivity index (χ1n) is 5.82. The predicted molar refractivity (Wildman–Crippen MR) is 68.8 cm³/mol. The molecule has 0 spiro atoms. The summed E-state index contributed by atoms with van der Waals surface area (Å²) in [5, 5.41) is 7.22. The molecule has 100 valence electrons. The van der Waals surface area contributed by atoms with Crippen LogP contribution in [0.1, 0.15) is 16.2 Å². The highest BCUT2D eigenvalue weighted by Gasteiger charge is 2.09. The minimum Gasteiger partial charge on any atom is -0.463 e. The Morgan fingerprint density at radius 1 is 1.53 bits per heavy atom. The van der Waals surface area contributed by atoms with E-state index < -0.39 is 5.97 Å². The fourth-order valence-corrected chi connectivity index (χ4v) is 1.58. The van der Waals surface area contributed by atoms with Gasteiger partial charge in [0.2, 0.25) is 5.82 Å². The number of hydrogen-bond acceptors (Lipinski definition) is 6. The smallest absolute Gasteiger partial charge is 0.376 e. The summed E-state index contributed by atoms with van der Waals surface area (Å²) in [7, 11) is 3.18. The summed E-state index contributed by atoms with van der Waals surface area (Å²) >= 11 is 0. The van der Waals surface area contributed by atoms with E-state index in [4.69, 9.17) is 0 Å². The molecule has 7 heteroatoms. The molecule has 0 saturated carbocycles. The van der Waals surface area contributed by atoms with Gasteiger partial charge in [-0.05, 0) is 18.1 Å². The molecule has 2 heterocycles. The average molecular weight is 261 g/mol. The van der Waals surface area contributed by atoms with Gasteiger partial charge in [0, 0.05) is 26.0 Å². The first-order chi connectivity index (χ1) is 9.19. The van der Waals surface area contributed by atoms with Crippen LogP contribution in [0.3, 0.4) is 0 Å². The molecule has 0 aliphatic carbocycles. The van der Waals surface area contributed by atoms with Crippen molar-refractivity contribution in [3.05, 3.63) is 36.0 Å². The number of rotatable bonds is 5. The minimum atomic E-state index is -0.545. The molecule has 0 radical (unpaired) electrons. The number of nitrogens with zero attached hydrogens (tertiary/aromatic N) is 4. The summed E-state index contributed by atoms with van der Waals surface area (Å²) in [6, 6.07) is 1.70. The highest BCUT2D eigenvalue weighted by molar-refractivity contribution is 5.85. The van der Waals surface area contributed by atoms with Crippen LogP contribution in [0.4, 0.5) is 5.82 Å². The lowest BCUT2D eigenvalue weighted by atomic mass is 10.2. The third kappa shape index (κ3) is 3.51. The zero-order valence-electron chi connectivity index (χ0n) is 10.8. The van der Waals surface area contributed by atoms with E-state index in [-0.39, 0.29) is 5.82 Å². The lowest BCUT2D eigenvalue weighted by Gasteiger charge is -2.05. The van der Waals surface area contributed by atoms with Gasteiger partial charge in [0.15, 0.2) is 0 Å². The van der Waals surface area contributed by atoms with E-state index in [2.05, 4.69) is 25.1 Å². The normalized spacial score (nSPS) is 10.2. The molecular formula is C12H15N5O2. The average Bonchev–Trinajstić information content (AvgIpc) is 2.84. The van der Waals surface area contributed by atoms with E-state index in [9.17, 15) is 4.79 Å². The van der Waals surface area contributed by atoms with Crippen molar-refractivity contribution in [3.8, 4) is 0 Å². The quantitative estimate of drug-likeness (QED) is 0.796. The second-order valence-electron chi connectivity index (χ2n) is 3.96. The van der Waals surface area contributed by atoms with Gasteiger partial charge in [-0.3, -0.25) is 4.68 Å². The molecule has 7 nitrogen and oxygen atoms in total.